The molecule has 0 fully saturated rings. The van der Waals surface area contributed by atoms with E-state index >= 15 is 0 Å². The summed E-state index contributed by atoms with van der Waals surface area (Å²) in [5.74, 6) is 1.56. The molecule has 0 spiro atoms. The van der Waals surface area contributed by atoms with E-state index in [1.165, 1.54) is 10.4 Å². The zero-order valence-corrected chi connectivity index (χ0v) is 19.8. The van der Waals surface area contributed by atoms with Crippen molar-refractivity contribution in [3.63, 3.8) is 0 Å². The molecule has 0 radical (unpaired) electrons. The Morgan fingerprint density at radius 2 is 2.26 bits per heavy atom. The molecule has 0 saturated carbocycles. The number of hydrogen-bond donors (Lipinski definition) is 1. The molecule has 1 atom stereocenters. The van der Waals surface area contributed by atoms with Gasteiger partial charge in [-0.1, -0.05) is 5.11 Å². The van der Waals surface area contributed by atoms with E-state index in [2.05, 4.69) is 30.3 Å². The van der Waals surface area contributed by atoms with Crippen LogP contribution < -0.4 is 10.1 Å². The van der Waals surface area contributed by atoms with Gasteiger partial charge in [-0.05, 0) is 53.6 Å². The molecule has 1 aliphatic heterocycles. The van der Waals surface area contributed by atoms with Crippen molar-refractivity contribution in [2.75, 3.05) is 32.6 Å². The number of benzene rings is 1. The fourth-order valence-electron chi connectivity index (χ4n) is 4.50. The van der Waals surface area contributed by atoms with E-state index in [0.29, 0.717) is 12.3 Å². The van der Waals surface area contributed by atoms with Gasteiger partial charge in [-0.15, -0.1) is 11.3 Å². The Kier molecular flexibility index (Phi) is 6.04. The summed E-state index contributed by atoms with van der Waals surface area (Å²) >= 11 is 1.64. The normalized spacial score (nSPS) is 16.0. The first-order chi connectivity index (χ1) is 16.5. The number of aryl methyl sites for hydroxylation is 1. The Labute approximate surface area is 200 Å². The van der Waals surface area contributed by atoms with Crippen molar-refractivity contribution in [1.29, 1.82) is 0 Å². The van der Waals surface area contributed by atoms with Crippen LogP contribution in [0.25, 0.3) is 20.7 Å². The number of azide groups is 1. The number of aliphatic imine (C=N–C) groups is 1. The van der Waals surface area contributed by atoms with Crippen LogP contribution in [0, 0.1) is 5.92 Å². The first kappa shape index (κ1) is 22.1. The zero-order valence-electron chi connectivity index (χ0n) is 19.0. The molecule has 11 heteroatoms. The number of nitrogens with one attached hydrogen (secondary N) is 1. The lowest BCUT2D eigenvalue weighted by atomic mass is 9.87. The Morgan fingerprint density at radius 3 is 3.09 bits per heavy atom. The summed E-state index contributed by atoms with van der Waals surface area (Å²) in [6.45, 7) is 1.13. The minimum absolute atomic E-state index is 0.00648. The topological polar surface area (TPSA) is 128 Å². The van der Waals surface area contributed by atoms with Crippen molar-refractivity contribution in [1.82, 2.24) is 14.9 Å². The summed E-state index contributed by atoms with van der Waals surface area (Å²) in [4.78, 5) is 32.5. The first-order valence-corrected chi connectivity index (χ1v) is 11.9. The highest BCUT2D eigenvalue weighted by Gasteiger charge is 2.30. The van der Waals surface area contributed by atoms with Crippen LogP contribution in [0.3, 0.4) is 0 Å². The second-order valence-corrected chi connectivity index (χ2v) is 9.61. The molecule has 174 valence electrons. The number of ether oxygens (including phenoxy) is 1. The lowest BCUT2D eigenvalue weighted by molar-refractivity contribution is -0.133. The summed E-state index contributed by atoms with van der Waals surface area (Å²) in [7, 11) is 3.62. The van der Waals surface area contributed by atoms with Gasteiger partial charge in [0.15, 0.2) is 0 Å². The van der Waals surface area contributed by atoms with E-state index in [-0.39, 0.29) is 25.0 Å². The lowest BCUT2D eigenvalue weighted by Crippen LogP contribution is -2.32. The molecule has 1 unspecified atom stereocenters. The van der Waals surface area contributed by atoms with Crippen LogP contribution in [0.5, 0.6) is 5.75 Å². The number of carbonyl (C=O) groups excluding carboxylic acids is 1. The van der Waals surface area contributed by atoms with Gasteiger partial charge in [0.2, 0.25) is 5.91 Å². The highest BCUT2D eigenvalue weighted by atomic mass is 32.1. The maximum absolute atomic E-state index is 12.5. The number of thiophene rings is 1. The fraction of sp³-hybridized carbons (Fsp3) is 0.391. The second kappa shape index (κ2) is 9.28. The quantitative estimate of drug-likeness (QED) is 0.236. The molecule has 3 heterocycles. The van der Waals surface area contributed by atoms with Gasteiger partial charge in [-0.2, -0.15) is 0 Å². The van der Waals surface area contributed by atoms with Crippen molar-refractivity contribution in [2.24, 2.45) is 16.0 Å². The highest BCUT2D eigenvalue weighted by Crippen LogP contribution is 2.42. The number of rotatable bonds is 7. The van der Waals surface area contributed by atoms with Gasteiger partial charge in [-0.3, -0.25) is 9.79 Å². The number of hydrogen-bond acceptors (Lipinski definition) is 8. The monoisotopic (exact) mass is 476 g/mol. The molecule has 34 heavy (non-hydrogen) atoms. The van der Waals surface area contributed by atoms with Crippen molar-refractivity contribution < 1.29 is 9.53 Å². The van der Waals surface area contributed by atoms with Gasteiger partial charge in [0.1, 0.15) is 22.7 Å². The van der Waals surface area contributed by atoms with Gasteiger partial charge in [0.05, 0.1) is 30.8 Å². The summed E-state index contributed by atoms with van der Waals surface area (Å²) < 4.78 is 5.94. The molecule has 1 N–H and O–H groups in total. The molecule has 5 rings (SSSR count). The molecular weight excluding hydrogens is 452 g/mol. The first-order valence-electron chi connectivity index (χ1n) is 11.1. The number of amides is 1. The number of nitrogens with zero attached hydrogens (tertiary/aromatic N) is 7. The van der Waals surface area contributed by atoms with Gasteiger partial charge in [-0.25, -0.2) is 9.97 Å². The summed E-state index contributed by atoms with van der Waals surface area (Å²) in [5, 5.41) is 8.02. The third kappa shape index (κ3) is 4.15. The zero-order chi connectivity index (χ0) is 23.7. The summed E-state index contributed by atoms with van der Waals surface area (Å²) in [6, 6.07) is 3.98. The minimum Gasteiger partial charge on any atom is -0.491 e. The maximum Gasteiger partial charge on any atom is 0.225 e. The molecule has 1 aliphatic carbocycles. The van der Waals surface area contributed by atoms with Crippen molar-refractivity contribution in [3.8, 4) is 5.75 Å². The van der Waals surface area contributed by atoms with E-state index in [1.54, 1.807) is 22.6 Å². The number of anilines is 2. The van der Waals surface area contributed by atoms with Crippen molar-refractivity contribution in [3.05, 3.63) is 50.5 Å². The Morgan fingerprint density at radius 1 is 1.38 bits per heavy atom. The Balaban J connectivity index is 1.49. The molecule has 10 nitrogen and oxygen atoms in total. The van der Waals surface area contributed by atoms with Crippen LogP contribution >= 0.6 is 11.3 Å². The average molecular weight is 477 g/mol. The highest BCUT2D eigenvalue weighted by molar-refractivity contribution is 7.19. The number of carbonyl (C=O) groups is 1. The molecule has 0 bridgehead atoms. The van der Waals surface area contributed by atoms with Gasteiger partial charge >= 0.3 is 0 Å². The smallest absolute Gasteiger partial charge is 0.225 e. The Hall–Kier alpha value is -3.69. The second-order valence-electron chi connectivity index (χ2n) is 8.52. The Bertz CT molecular complexity index is 1340. The van der Waals surface area contributed by atoms with E-state index in [1.807, 2.05) is 32.4 Å². The fourth-order valence-corrected chi connectivity index (χ4v) is 5.77. The largest absolute Gasteiger partial charge is 0.491 e. The van der Waals surface area contributed by atoms with Gasteiger partial charge in [0, 0.05) is 36.0 Å². The SMILES string of the molecule is CN(C)C(=O)C1CCc2c(sc3ncnc(Nc4cc5c(cc4OCCN=[N+]=[N-])CN=C5)c23)C1. The van der Waals surface area contributed by atoms with E-state index in [0.717, 1.165) is 52.1 Å². The molecule has 1 aromatic carbocycles. The molecule has 2 aliphatic rings. The van der Waals surface area contributed by atoms with E-state index in [9.17, 15) is 4.79 Å². The predicted molar refractivity (Wildman–Crippen MR) is 132 cm³/mol. The molecule has 0 saturated heterocycles. The van der Waals surface area contributed by atoms with Crippen molar-refractivity contribution in [2.45, 2.75) is 25.8 Å². The van der Waals surface area contributed by atoms with E-state index < -0.39 is 0 Å². The average Bonchev–Trinajstić information content (AvgIpc) is 3.44. The van der Waals surface area contributed by atoms with Crippen LogP contribution in [0.4, 0.5) is 11.5 Å². The molecule has 2 aromatic heterocycles. The molecule has 1 amide bonds. The standard InChI is InChI=1S/C23H24N8O2S/c1-31(2)23(32)13-3-4-16-19(9-13)34-22-20(16)21(26-12-27-22)29-17-7-14-10-25-11-15(14)8-18(17)33-6-5-28-30-24/h7-8,10,12-13H,3-6,9,11H2,1-2H3,(H,26,27,29). The summed E-state index contributed by atoms with van der Waals surface area (Å²) in [6.07, 6.45) is 5.78. The van der Waals surface area contributed by atoms with Crippen LogP contribution in [0.1, 0.15) is 28.0 Å². The van der Waals surface area contributed by atoms with Crippen LogP contribution in [0.15, 0.2) is 28.6 Å². The number of aromatic nitrogens is 2. The molecular formula is C23H24N8O2S. The third-order valence-corrected chi connectivity index (χ3v) is 7.30. The van der Waals surface area contributed by atoms with Crippen LogP contribution in [-0.2, 0) is 24.2 Å². The lowest BCUT2D eigenvalue weighted by Gasteiger charge is -2.24. The summed E-state index contributed by atoms with van der Waals surface area (Å²) in [5.41, 5.74) is 12.6. The van der Waals surface area contributed by atoms with Crippen LogP contribution in [0.2, 0.25) is 0 Å². The van der Waals surface area contributed by atoms with E-state index in [4.69, 9.17) is 10.3 Å². The van der Waals surface area contributed by atoms with Crippen LogP contribution in [-0.4, -0.2) is 54.2 Å². The van der Waals surface area contributed by atoms with Gasteiger partial charge < -0.3 is 15.0 Å². The maximum atomic E-state index is 12.5. The van der Waals surface area contributed by atoms with Gasteiger partial charge in [0.25, 0.3) is 0 Å². The van der Waals surface area contributed by atoms with Crippen molar-refractivity contribution >= 4 is 45.2 Å². The third-order valence-electron chi connectivity index (χ3n) is 6.13. The minimum atomic E-state index is 0.00648. The number of fused-ring (bicyclic) bond motifs is 4. The predicted octanol–water partition coefficient (Wildman–Crippen LogP) is 4.25. The molecule has 3 aromatic rings.